The largest absolute Gasteiger partial charge is 0.340 e. The first kappa shape index (κ1) is 16.8. The molecule has 1 heterocycles. The zero-order valence-corrected chi connectivity index (χ0v) is 14.9. The van der Waals surface area contributed by atoms with E-state index >= 15 is 0 Å². The smallest absolute Gasteiger partial charge is 0.145 e. The molecule has 1 fully saturated rings. The Bertz CT molecular complexity index is 838. The van der Waals surface area contributed by atoms with Crippen LogP contribution in [0.5, 0.6) is 0 Å². The SMILES string of the molecule is CC[C@H]1[C@@H](c2ccccc2)N(c2ccccc2)C1(NO)c1ccccc1. The Balaban J connectivity index is 1.89. The molecule has 0 aliphatic carbocycles. The molecule has 0 saturated carbocycles. The number of nitrogens with one attached hydrogen (secondary N) is 1. The summed E-state index contributed by atoms with van der Waals surface area (Å²) in [5.74, 6) is 0.234. The monoisotopic (exact) mass is 344 g/mol. The molecule has 0 radical (unpaired) electrons. The Morgan fingerprint density at radius 2 is 1.38 bits per heavy atom. The van der Waals surface area contributed by atoms with Crippen LogP contribution in [0.15, 0.2) is 91.0 Å². The van der Waals surface area contributed by atoms with Gasteiger partial charge in [0.05, 0.1) is 6.04 Å². The lowest BCUT2D eigenvalue weighted by Gasteiger charge is -2.64. The minimum Gasteiger partial charge on any atom is -0.340 e. The van der Waals surface area contributed by atoms with Gasteiger partial charge >= 0.3 is 0 Å². The van der Waals surface area contributed by atoms with Gasteiger partial charge in [-0.2, -0.15) is 5.48 Å². The van der Waals surface area contributed by atoms with Crippen molar-refractivity contribution in [2.75, 3.05) is 4.90 Å². The second-order valence-corrected chi connectivity index (χ2v) is 6.82. The standard InChI is InChI=1S/C23H24N2O/c1-2-21-22(18-12-6-3-7-13-18)25(20-16-10-5-11-17-20)23(21,24-26)19-14-8-4-9-15-19/h3-17,21-22,24,26H,2H2,1H3/t21-,22+,23?/m0/s1. The van der Waals surface area contributed by atoms with Crippen molar-refractivity contribution in [2.24, 2.45) is 5.92 Å². The first-order chi connectivity index (χ1) is 12.8. The average molecular weight is 344 g/mol. The van der Waals surface area contributed by atoms with E-state index in [0.29, 0.717) is 0 Å². The van der Waals surface area contributed by atoms with Crippen LogP contribution in [0, 0.1) is 5.92 Å². The summed E-state index contributed by atoms with van der Waals surface area (Å²) in [4.78, 5) is 2.31. The van der Waals surface area contributed by atoms with E-state index in [1.807, 2.05) is 42.5 Å². The molecule has 3 atom stereocenters. The molecule has 1 unspecified atom stereocenters. The molecule has 2 N–H and O–H groups in total. The molecule has 0 spiro atoms. The lowest BCUT2D eigenvalue weighted by atomic mass is 9.66. The van der Waals surface area contributed by atoms with Crippen molar-refractivity contribution in [3.63, 3.8) is 0 Å². The Morgan fingerprint density at radius 1 is 0.846 bits per heavy atom. The molecule has 3 heteroatoms. The van der Waals surface area contributed by atoms with E-state index in [4.69, 9.17) is 0 Å². The van der Waals surface area contributed by atoms with Crippen LogP contribution < -0.4 is 10.4 Å². The summed E-state index contributed by atoms with van der Waals surface area (Å²) in [6, 6.07) is 31.3. The van der Waals surface area contributed by atoms with E-state index in [9.17, 15) is 5.21 Å². The quantitative estimate of drug-likeness (QED) is 0.632. The lowest BCUT2D eigenvalue weighted by Crippen LogP contribution is -2.72. The summed E-state index contributed by atoms with van der Waals surface area (Å²) >= 11 is 0. The number of hydrogen-bond acceptors (Lipinski definition) is 3. The van der Waals surface area contributed by atoms with Crippen LogP contribution in [-0.2, 0) is 5.66 Å². The minimum absolute atomic E-state index is 0.198. The third-order valence-corrected chi connectivity index (χ3v) is 5.58. The van der Waals surface area contributed by atoms with E-state index in [2.05, 4.69) is 65.8 Å². The molecule has 0 amide bonds. The molecular weight excluding hydrogens is 320 g/mol. The highest BCUT2D eigenvalue weighted by molar-refractivity contribution is 5.59. The second-order valence-electron chi connectivity index (χ2n) is 6.82. The predicted octanol–water partition coefficient (Wildman–Crippen LogP) is 5.11. The van der Waals surface area contributed by atoms with Crippen LogP contribution in [0.3, 0.4) is 0 Å². The van der Waals surface area contributed by atoms with Crippen LogP contribution >= 0.6 is 0 Å². The van der Waals surface area contributed by atoms with Gasteiger partial charge in [-0.25, -0.2) is 0 Å². The van der Waals surface area contributed by atoms with E-state index < -0.39 is 5.66 Å². The zero-order valence-electron chi connectivity index (χ0n) is 14.9. The summed E-state index contributed by atoms with van der Waals surface area (Å²) in [5, 5.41) is 10.4. The van der Waals surface area contributed by atoms with Gasteiger partial charge in [0.25, 0.3) is 0 Å². The summed E-state index contributed by atoms with van der Waals surface area (Å²) < 4.78 is 0. The fourth-order valence-corrected chi connectivity index (χ4v) is 4.47. The normalized spacial score (nSPS) is 24.9. The molecule has 1 aliphatic heterocycles. The Hall–Kier alpha value is -2.62. The molecule has 3 nitrogen and oxygen atoms in total. The van der Waals surface area contributed by atoms with Crippen LogP contribution in [-0.4, -0.2) is 5.21 Å². The topological polar surface area (TPSA) is 35.5 Å². The first-order valence-electron chi connectivity index (χ1n) is 9.19. The molecule has 1 saturated heterocycles. The van der Waals surface area contributed by atoms with E-state index in [1.54, 1.807) is 0 Å². The number of anilines is 1. The van der Waals surface area contributed by atoms with E-state index in [-0.39, 0.29) is 12.0 Å². The summed E-state index contributed by atoms with van der Waals surface area (Å²) in [7, 11) is 0. The highest BCUT2D eigenvalue weighted by atomic mass is 16.5. The number of para-hydroxylation sites is 1. The maximum atomic E-state index is 10.4. The van der Waals surface area contributed by atoms with Crippen molar-refractivity contribution >= 4 is 5.69 Å². The fraction of sp³-hybridized carbons (Fsp3) is 0.217. The molecule has 0 aromatic heterocycles. The maximum Gasteiger partial charge on any atom is 0.145 e. The number of rotatable bonds is 5. The molecule has 1 aliphatic rings. The van der Waals surface area contributed by atoms with Gasteiger partial charge in [-0.05, 0) is 29.7 Å². The lowest BCUT2D eigenvalue weighted by molar-refractivity contribution is -0.0572. The average Bonchev–Trinajstić information content (AvgIpc) is 2.71. The minimum atomic E-state index is -0.641. The van der Waals surface area contributed by atoms with Gasteiger partial charge in [0.2, 0.25) is 0 Å². The molecule has 26 heavy (non-hydrogen) atoms. The van der Waals surface area contributed by atoms with Crippen LogP contribution in [0.4, 0.5) is 5.69 Å². The van der Waals surface area contributed by atoms with Crippen molar-refractivity contribution in [3.05, 3.63) is 102 Å². The van der Waals surface area contributed by atoms with Gasteiger partial charge in [-0.1, -0.05) is 85.8 Å². The predicted molar refractivity (Wildman–Crippen MR) is 105 cm³/mol. The Morgan fingerprint density at radius 3 is 1.92 bits per heavy atom. The van der Waals surface area contributed by atoms with Gasteiger partial charge in [0.15, 0.2) is 0 Å². The number of hydroxylamine groups is 1. The maximum absolute atomic E-state index is 10.4. The molecule has 4 rings (SSSR count). The van der Waals surface area contributed by atoms with Gasteiger partial charge < -0.3 is 10.1 Å². The summed E-state index contributed by atoms with van der Waals surface area (Å²) in [6.45, 7) is 2.19. The van der Waals surface area contributed by atoms with E-state index in [0.717, 1.165) is 17.7 Å². The molecule has 3 aromatic carbocycles. The van der Waals surface area contributed by atoms with Crippen LogP contribution in [0.2, 0.25) is 0 Å². The summed E-state index contributed by atoms with van der Waals surface area (Å²) in [6.07, 6.45) is 0.950. The van der Waals surface area contributed by atoms with Crippen molar-refractivity contribution in [1.82, 2.24) is 5.48 Å². The van der Waals surface area contributed by atoms with Gasteiger partial charge in [0.1, 0.15) is 5.66 Å². The highest BCUT2D eigenvalue weighted by Gasteiger charge is 2.61. The fourth-order valence-electron chi connectivity index (χ4n) is 4.47. The van der Waals surface area contributed by atoms with Gasteiger partial charge in [0, 0.05) is 11.6 Å². The summed E-state index contributed by atoms with van der Waals surface area (Å²) in [5.41, 5.74) is 5.50. The van der Waals surface area contributed by atoms with Crippen molar-refractivity contribution in [2.45, 2.75) is 25.0 Å². The van der Waals surface area contributed by atoms with Crippen molar-refractivity contribution < 1.29 is 5.21 Å². The Kier molecular flexibility index (Phi) is 4.49. The Labute approximate surface area is 154 Å². The highest BCUT2D eigenvalue weighted by Crippen LogP contribution is 2.58. The first-order valence-corrected chi connectivity index (χ1v) is 9.19. The van der Waals surface area contributed by atoms with Gasteiger partial charge in [-0.3, -0.25) is 0 Å². The molecular formula is C23H24N2O. The van der Waals surface area contributed by atoms with E-state index in [1.165, 1.54) is 5.56 Å². The van der Waals surface area contributed by atoms with Crippen molar-refractivity contribution in [1.29, 1.82) is 0 Å². The molecule has 3 aromatic rings. The van der Waals surface area contributed by atoms with Crippen molar-refractivity contribution in [3.8, 4) is 0 Å². The third kappa shape index (κ3) is 2.44. The number of nitrogens with zero attached hydrogens (tertiary/aromatic N) is 1. The number of hydrogen-bond donors (Lipinski definition) is 2. The molecule has 0 bridgehead atoms. The second kappa shape index (κ2) is 6.94. The van der Waals surface area contributed by atoms with Crippen LogP contribution in [0.1, 0.15) is 30.5 Å². The number of benzene rings is 3. The van der Waals surface area contributed by atoms with Gasteiger partial charge in [-0.15, -0.1) is 0 Å². The zero-order chi connectivity index (χ0) is 18.0. The van der Waals surface area contributed by atoms with Crippen LogP contribution in [0.25, 0.3) is 0 Å². The molecule has 132 valence electrons. The third-order valence-electron chi connectivity index (χ3n) is 5.58.